The van der Waals surface area contributed by atoms with Crippen molar-refractivity contribution in [3.63, 3.8) is 0 Å². The van der Waals surface area contributed by atoms with Gasteiger partial charge in [0.1, 0.15) is 0 Å². The number of nitrogens with one attached hydrogen (secondary N) is 1. The van der Waals surface area contributed by atoms with Gasteiger partial charge in [-0.25, -0.2) is 0 Å². The van der Waals surface area contributed by atoms with Gasteiger partial charge in [-0.05, 0) is 24.5 Å². The Hall–Kier alpha value is -0.900. The number of rotatable bonds is 5. The zero-order valence-electron chi connectivity index (χ0n) is 9.66. The van der Waals surface area contributed by atoms with Crippen LogP contribution in [-0.2, 0) is 4.74 Å². The molecule has 0 aliphatic carbocycles. The third-order valence-electron chi connectivity index (χ3n) is 2.78. The quantitative estimate of drug-likeness (QED) is 0.574. The van der Waals surface area contributed by atoms with Gasteiger partial charge >= 0.3 is 0 Å². The molecule has 2 atom stereocenters. The number of nitrogens with two attached hydrogens (primary N) is 1. The molecule has 15 heavy (non-hydrogen) atoms. The second-order valence-electron chi connectivity index (χ2n) is 3.68. The van der Waals surface area contributed by atoms with Gasteiger partial charge in [-0.15, -0.1) is 0 Å². The highest BCUT2D eigenvalue weighted by Crippen LogP contribution is 2.23. The Morgan fingerprint density at radius 3 is 2.53 bits per heavy atom. The average Bonchev–Trinajstić information content (AvgIpc) is 2.27. The molecule has 0 aliphatic heterocycles. The maximum Gasteiger partial charge on any atom is 0.0776 e. The van der Waals surface area contributed by atoms with Crippen LogP contribution < -0.4 is 11.3 Å². The number of ether oxygens (including phenoxy) is 1. The fourth-order valence-electron chi connectivity index (χ4n) is 1.87. The van der Waals surface area contributed by atoms with E-state index in [0.717, 1.165) is 6.42 Å². The Balaban J connectivity index is 2.96. The SMILES string of the molecule is CCC(OC)C(NN)c1ccccc1C. The fourth-order valence-corrected chi connectivity index (χ4v) is 1.87. The molecule has 2 unspecified atom stereocenters. The second-order valence-corrected chi connectivity index (χ2v) is 3.68. The maximum absolute atomic E-state index is 5.60. The monoisotopic (exact) mass is 208 g/mol. The first-order valence-corrected chi connectivity index (χ1v) is 5.29. The molecule has 0 aliphatic rings. The van der Waals surface area contributed by atoms with Crippen molar-refractivity contribution in [3.05, 3.63) is 35.4 Å². The van der Waals surface area contributed by atoms with Crippen molar-refractivity contribution < 1.29 is 4.74 Å². The Morgan fingerprint density at radius 1 is 1.40 bits per heavy atom. The molecule has 1 aromatic carbocycles. The van der Waals surface area contributed by atoms with E-state index in [9.17, 15) is 0 Å². The van der Waals surface area contributed by atoms with Crippen LogP contribution in [0.1, 0.15) is 30.5 Å². The lowest BCUT2D eigenvalue weighted by Gasteiger charge is -2.26. The first kappa shape index (κ1) is 12.2. The number of hydrogen-bond acceptors (Lipinski definition) is 3. The van der Waals surface area contributed by atoms with Crippen molar-refractivity contribution in [1.82, 2.24) is 5.43 Å². The van der Waals surface area contributed by atoms with Gasteiger partial charge in [0.25, 0.3) is 0 Å². The van der Waals surface area contributed by atoms with Crippen LogP contribution >= 0.6 is 0 Å². The molecule has 0 fully saturated rings. The van der Waals surface area contributed by atoms with Gasteiger partial charge in [0.2, 0.25) is 0 Å². The highest BCUT2D eigenvalue weighted by atomic mass is 16.5. The molecular weight excluding hydrogens is 188 g/mol. The minimum absolute atomic E-state index is 0.0567. The van der Waals surface area contributed by atoms with Crippen LogP contribution in [0.5, 0.6) is 0 Å². The van der Waals surface area contributed by atoms with E-state index in [-0.39, 0.29) is 12.1 Å². The summed E-state index contributed by atoms with van der Waals surface area (Å²) in [6.07, 6.45) is 1.04. The molecule has 0 heterocycles. The maximum atomic E-state index is 5.60. The molecule has 0 aromatic heterocycles. The van der Waals surface area contributed by atoms with E-state index in [4.69, 9.17) is 10.6 Å². The lowest BCUT2D eigenvalue weighted by molar-refractivity contribution is 0.0649. The van der Waals surface area contributed by atoms with Crippen LogP contribution in [-0.4, -0.2) is 13.2 Å². The number of aryl methyl sites for hydroxylation is 1. The van der Waals surface area contributed by atoms with Crippen molar-refractivity contribution in [1.29, 1.82) is 0 Å². The topological polar surface area (TPSA) is 47.3 Å². The van der Waals surface area contributed by atoms with Crippen LogP contribution in [0.4, 0.5) is 0 Å². The van der Waals surface area contributed by atoms with E-state index in [1.54, 1.807) is 7.11 Å². The molecule has 84 valence electrons. The zero-order chi connectivity index (χ0) is 11.3. The van der Waals surface area contributed by atoms with Gasteiger partial charge in [0.15, 0.2) is 0 Å². The molecule has 3 heteroatoms. The number of benzene rings is 1. The summed E-state index contributed by atoms with van der Waals surface area (Å²) >= 11 is 0. The van der Waals surface area contributed by atoms with Crippen molar-refractivity contribution in [2.75, 3.05) is 7.11 Å². The molecule has 1 rings (SSSR count). The van der Waals surface area contributed by atoms with E-state index >= 15 is 0 Å². The summed E-state index contributed by atoms with van der Waals surface area (Å²) in [5.74, 6) is 5.60. The van der Waals surface area contributed by atoms with Crippen LogP contribution in [0.25, 0.3) is 0 Å². The largest absolute Gasteiger partial charge is 0.379 e. The van der Waals surface area contributed by atoms with Gasteiger partial charge in [-0.2, -0.15) is 0 Å². The van der Waals surface area contributed by atoms with Gasteiger partial charge in [-0.1, -0.05) is 31.2 Å². The minimum Gasteiger partial charge on any atom is -0.379 e. The Kier molecular flexibility index (Phi) is 4.75. The number of hydrogen-bond donors (Lipinski definition) is 2. The average molecular weight is 208 g/mol. The summed E-state index contributed by atoms with van der Waals surface area (Å²) in [6, 6.07) is 8.28. The van der Waals surface area contributed by atoms with Gasteiger partial charge in [0.05, 0.1) is 12.1 Å². The van der Waals surface area contributed by atoms with Crippen molar-refractivity contribution >= 4 is 0 Å². The number of hydrazine groups is 1. The summed E-state index contributed by atoms with van der Waals surface area (Å²) in [7, 11) is 1.72. The molecular formula is C12H20N2O. The Labute approximate surface area is 91.6 Å². The molecule has 0 spiro atoms. The van der Waals surface area contributed by atoms with E-state index in [0.29, 0.717) is 0 Å². The van der Waals surface area contributed by atoms with Crippen molar-refractivity contribution in [2.24, 2.45) is 5.84 Å². The smallest absolute Gasteiger partial charge is 0.0776 e. The predicted molar refractivity (Wildman–Crippen MR) is 62.3 cm³/mol. The summed E-state index contributed by atoms with van der Waals surface area (Å²) in [6.45, 7) is 4.18. The lowest BCUT2D eigenvalue weighted by atomic mass is 9.96. The fraction of sp³-hybridized carbons (Fsp3) is 0.500. The normalized spacial score (nSPS) is 14.9. The first-order valence-electron chi connectivity index (χ1n) is 5.29. The molecule has 0 radical (unpaired) electrons. The molecule has 3 nitrogen and oxygen atoms in total. The third kappa shape index (κ3) is 2.78. The minimum atomic E-state index is 0.0567. The zero-order valence-corrected chi connectivity index (χ0v) is 9.66. The highest BCUT2D eigenvalue weighted by Gasteiger charge is 2.21. The van der Waals surface area contributed by atoms with Crippen LogP contribution in [0.15, 0.2) is 24.3 Å². The lowest BCUT2D eigenvalue weighted by Crippen LogP contribution is -2.37. The first-order chi connectivity index (χ1) is 7.24. The predicted octanol–water partition coefficient (Wildman–Crippen LogP) is 1.92. The third-order valence-corrected chi connectivity index (χ3v) is 2.78. The van der Waals surface area contributed by atoms with Crippen LogP contribution in [0.3, 0.4) is 0 Å². The standard InChI is InChI=1S/C12H20N2O/c1-4-11(15-3)12(14-13)10-8-6-5-7-9(10)2/h5-8,11-12,14H,4,13H2,1-3H3. The highest BCUT2D eigenvalue weighted by molar-refractivity contribution is 5.29. The van der Waals surface area contributed by atoms with Gasteiger partial charge in [0, 0.05) is 7.11 Å². The van der Waals surface area contributed by atoms with Crippen LogP contribution in [0.2, 0.25) is 0 Å². The molecule has 1 aromatic rings. The van der Waals surface area contributed by atoms with E-state index in [2.05, 4.69) is 31.4 Å². The molecule has 0 saturated carbocycles. The van der Waals surface area contributed by atoms with Crippen molar-refractivity contribution in [3.8, 4) is 0 Å². The second kappa shape index (κ2) is 5.85. The summed E-state index contributed by atoms with van der Waals surface area (Å²) in [4.78, 5) is 0. The summed E-state index contributed by atoms with van der Waals surface area (Å²) < 4.78 is 5.42. The summed E-state index contributed by atoms with van der Waals surface area (Å²) in [5.41, 5.74) is 5.27. The molecule has 0 saturated heterocycles. The Bertz CT molecular complexity index is 297. The van der Waals surface area contributed by atoms with Gasteiger partial charge < -0.3 is 4.74 Å². The van der Waals surface area contributed by atoms with E-state index in [1.165, 1.54) is 11.1 Å². The Morgan fingerprint density at radius 2 is 2.07 bits per heavy atom. The van der Waals surface area contributed by atoms with Crippen LogP contribution in [0, 0.1) is 6.92 Å². The van der Waals surface area contributed by atoms with Gasteiger partial charge in [-0.3, -0.25) is 11.3 Å². The van der Waals surface area contributed by atoms with Crippen molar-refractivity contribution in [2.45, 2.75) is 32.4 Å². The molecule has 0 amide bonds. The number of methoxy groups -OCH3 is 1. The molecule has 0 bridgehead atoms. The van der Waals surface area contributed by atoms with E-state index < -0.39 is 0 Å². The molecule has 3 N–H and O–H groups in total. The summed E-state index contributed by atoms with van der Waals surface area (Å²) in [5, 5.41) is 0. The van der Waals surface area contributed by atoms with E-state index in [1.807, 2.05) is 12.1 Å².